The van der Waals surface area contributed by atoms with E-state index in [4.69, 9.17) is 0 Å². The molecule has 0 aliphatic carbocycles. The van der Waals surface area contributed by atoms with Gasteiger partial charge in [-0.25, -0.2) is 4.79 Å². The lowest BCUT2D eigenvalue weighted by Crippen LogP contribution is -2.36. The number of hydrogen-bond donors (Lipinski definition) is 2. The molecule has 6 heteroatoms. The highest BCUT2D eigenvalue weighted by Crippen LogP contribution is 2.16. The van der Waals surface area contributed by atoms with Crippen molar-refractivity contribution in [3.05, 3.63) is 53.4 Å². The van der Waals surface area contributed by atoms with Crippen molar-refractivity contribution in [3.63, 3.8) is 0 Å². The molecule has 2 amide bonds. The van der Waals surface area contributed by atoms with Crippen LogP contribution in [0.3, 0.4) is 0 Å². The van der Waals surface area contributed by atoms with E-state index in [1.807, 2.05) is 45.2 Å². The van der Waals surface area contributed by atoms with Crippen LogP contribution in [0, 0.1) is 13.8 Å². The first kappa shape index (κ1) is 17.7. The fourth-order valence-corrected chi connectivity index (χ4v) is 2.52. The number of rotatable bonds is 6. The fraction of sp³-hybridized carbons (Fsp3) is 0.333. The molecular formula is C18H24N4O2. The lowest BCUT2D eigenvalue weighted by molar-refractivity contribution is 0.185. The fourth-order valence-electron chi connectivity index (χ4n) is 2.52. The summed E-state index contributed by atoms with van der Waals surface area (Å²) in [4.78, 5) is 14.1. The van der Waals surface area contributed by atoms with Crippen molar-refractivity contribution in [2.24, 2.45) is 7.05 Å². The Morgan fingerprint density at radius 2 is 2.04 bits per heavy atom. The van der Waals surface area contributed by atoms with Crippen molar-refractivity contribution in [2.45, 2.75) is 20.4 Å². The molecule has 2 N–H and O–H groups in total. The van der Waals surface area contributed by atoms with Crippen LogP contribution in [0.2, 0.25) is 0 Å². The van der Waals surface area contributed by atoms with E-state index in [2.05, 4.69) is 17.0 Å². The van der Waals surface area contributed by atoms with Gasteiger partial charge in [-0.05, 0) is 31.5 Å². The number of anilines is 1. The zero-order valence-corrected chi connectivity index (χ0v) is 14.4. The third-order valence-corrected chi connectivity index (χ3v) is 4.06. The zero-order chi connectivity index (χ0) is 17.7. The van der Waals surface area contributed by atoms with E-state index in [1.165, 1.54) is 0 Å². The third-order valence-electron chi connectivity index (χ3n) is 4.06. The summed E-state index contributed by atoms with van der Waals surface area (Å²) in [5.41, 5.74) is 4.60. The molecule has 0 saturated heterocycles. The highest BCUT2D eigenvalue weighted by Gasteiger charge is 2.18. The van der Waals surface area contributed by atoms with Gasteiger partial charge in [-0.2, -0.15) is 5.10 Å². The molecule has 1 aromatic heterocycles. The number of aromatic nitrogens is 2. The topological polar surface area (TPSA) is 70.4 Å². The molecule has 1 heterocycles. The van der Waals surface area contributed by atoms with E-state index >= 15 is 0 Å². The van der Waals surface area contributed by atoms with Gasteiger partial charge in [0.2, 0.25) is 0 Å². The smallest absolute Gasteiger partial charge is 0.322 e. The van der Waals surface area contributed by atoms with Gasteiger partial charge in [-0.15, -0.1) is 0 Å². The van der Waals surface area contributed by atoms with Crippen LogP contribution in [0.25, 0.3) is 6.08 Å². The highest BCUT2D eigenvalue weighted by molar-refractivity contribution is 5.89. The molecule has 2 rings (SSSR count). The molecule has 6 nitrogen and oxygen atoms in total. The predicted octanol–water partition coefficient (Wildman–Crippen LogP) is 2.71. The highest BCUT2D eigenvalue weighted by atomic mass is 16.3. The molecule has 0 aliphatic rings. The molecule has 0 saturated carbocycles. The molecule has 0 radical (unpaired) electrons. The molecule has 24 heavy (non-hydrogen) atoms. The van der Waals surface area contributed by atoms with E-state index in [0.717, 1.165) is 22.5 Å². The molecule has 0 unspecified atom stereocenters. The first-order valence-electron chi connectivity index (χ1n) is 7.84. The number of aliphatic hydroxyl groups is 1. The number of aliphatic hydroxyl groups excluding tert-OH is 1. The van der Waals surface area contributed by atoms with Gasteiger partial charge < -0.3 is 15.3 Å². The lowest BCUT2D eigenvalue weighted by atomic mass is 10.2. The maximum Gasteiger partial charge on any atom is 0.322 e. The summed E-state index contributed by atoms with van der Waals surface area (Å²) in [5, 5.41) is 16.5. The second-order valence-electron chi connectivity index (χ2n) is 5.67. The van der Waals surface area contributed by atoms with Gasteiger partial charge in [0.25, 0.3) is 0 Å². The number of aryl methyl sites for hydroxylation is 2. The van der Waals surface area contributed by atoms with Crippen LogP contribution in [0.5, 0.6) is 0 Å². The summed E-state index contributed by atoms with van der Waals surface area (Å²) in [5.74, 6) is 0. The summed E-state index contributed by atoms with van der Waals surface area (Å²) >= 11 is 0. The minimum atomic E-state index is -0.252. The Kier molecular flexibility index (Phi) is 5.76. The van der Waals surface area contributed by atoms with Crippen LogP contribution < -0.4 is 5.32 Å². The van der Waals surface area contributed by atoms with Crippen molar-refractivity contribution < 1.29 is 9.90 Å². The summed E-state index contributed by atoms with van der Waals surface area (Å²) in [6.45, 7) is 8.16. The molecular weight excluding hydrogens is 304 g/mol. The number of benzene rings is 1. The molecule has 0 atom stereocenters. The maximum atomic E-state index is 12.5. The quantitative estimate of drug-likeness (QED) is 0.856. The van der Waals surface area contributed by atoms with Crippen LogP contribution in [-0.2, 0) is 13.6 Å². The minimum absolute atomic E-state index is 0.0961. The average Bonchev–Trinajstić information content (AvgIpc) is 2.81. The first-order chi connectivity index (χ1) is 11.5. The lowest BCUT2D eigenvalue weighted by Gasteiger charge is -2.22. The normalized spacial score (nSPS) is 10.5. The van der Waals surface area contributed by atoms with Gasteiger partial charge in [-0.3, -0.25) is 4.68 Å². The predicted molar refractivity (Wildman–Crippen MR) is 95.7 cm³/mol. The van der Waals surface area contributed by atoms with E-state index in [0.29, 0.717) is 12.2 Å². The summed E-state index contributed by atoms with van der Waals surface area (Å²) in [6.07, 6.45) is 1.75. The second-order valence-corrected chi connectivity index (χ2v) is 5.67. The average molecular weight is 328 g/mol. The third kappa shape index (κ3) is 4.02. The van der Waals surface area contributed by atoms with Gasteiger partial charge in [-0.1, -0.05) is 24.8 Å². The van der Waals surface area contributed by atoms with E-state index < -0.39 is 0 Å². The summed E-state index contributed by atoms with van der Waals surface area (Å²) in [6, 6.07) is 7.17. The molecule has 0 spiro atoms. The number of amides is 2. The minimum Gasteiger partial charge on any atom is -0.395 e. The van der Waals surface area contributed by atoms with Gasteiger partial charge in [0.15, 0.2) is 0 Å². The van der Waals surface area contributed by atoms with E-state index in [9.17, 15) is 9.90 Å². The Morgan fingerprint density at radius 1 is 1.38 bits per heavy atom. The molecule has 0 aliphatic heterocycles. The first-order valence-corrected chi connectivity index (χ1v) is 7.84. The number of urea groups is 1. The monoisotopic (exact) mass is 328 g/mol. The van der Waals surface area contributed by atoms with Crippen LogP contribution in [0.15, 0.2) is 30.8 Å². The van der Waals surface area contributed by atoms with Gasteiger partial charge in [0, 0.05) is 30.5 Å². The number of nitrogens with one attached hydrogen (secondary N) is 1. The molecule has 0 bridgehead atoms. The molecule has 1 aromatic carbocycles. The van der Waals surface area contributed by atoms with Gasteiger partial charge in [0.1, 0.15) is 0 Å². The Balaban J connectivity index is 2.13. The van der Waals surface area contributed by atoms with E-state index in [-0.39, 0.29) is 19.2 Å². The Labute approximate surface area is 142 Å². The summed E-state index contributed by atoms with van der Waals surface area (Å²) in [7, 11) is 1.88. The van der Waals surface area contributed by atoms with Crippen LogP contribution in [0.1, 0.15) is 22.5 Å². The van der Waals surface area contributed by atoms with Crippen molar-refractivity contribution in [1.82, 2.24) is 14.7 Å². The van der Waals surface area contributed by atoms with E-state index in [1.54, 1.807) is 15.7 Å². The number of nitrogens with zero attached hydrogens (tertiary/aromatic N) is 3. The Bertz CT molecular complexity index is 719. The van der Waals surface area contributed by atoms with Crippen molar-refractivity contribution in [1.29, 1.82) is 0 Å². The van der Waals surface area contributed by atoms with Crippen molar-refractivity contribution >= 4 is 17.8 Å². The van der Waals surface area contributed by atoms with Crippen molar-refractivity contribution in [2.75, 3.05) is 18.5 Å². The standard InChI is InChI=1S/C18H24N4O2/c1-5-15-6-8-16(9-7-15)19-18(24)22(10-11-23)12-17-13(2)20-21(4)14(17)3/h5-9,23H,1,10-12H2,2-4H3,(H,19,24). The number of hydrogen-bond acceptors (Lipinski definition) is 3. The van der Waals surface area contributed by atoms with Gasteiger partial charge in [0.05, 0.1) is 18.8 Å². The maximum absolute atomic E-state index is 12.5. The van der Waals surface area contributed by atoms with Crippen LogP contribution in [-0.4, -0.2) is 39.0 Å². The number of carbonyl (C=O) groups excluding carboxylic acids is 1. The second kappa shape index (κ2) is 7.79. The van der Waals surface area contributed by atoms with Crippen molar-refractivity contribution in [3.8, 4) is 0 Å². The molecule has 128 valence electrons. The zero-order valence-electron chi connectivity index (χ0n) is 14.4. The Hall–Kier alpha value is -2.60. The molecule has 0 fully saturated rings. The largest absolute Gasteiger partial charge is 0.395 e. The Morgan fingerprint density at radius 3 is 2.54 bits per heavy atom. The summed E-state index contributed by atoms with van der Waals surface area (Å²) < 4.78 is 1.80. The van der Waals surface area contributed by atoms with Gasteiger partial charge >= 0.3 is 6.03 Å². The SMILES string of the molecule is C=Cc1ccc(NC(=O)N(CCO)Cc2c(C)nn(C)c2C)cc1. The van der Waals surface area contributed by atoms with Crippen LogP contribution in [0.4, 0.5) is 10.5 Å². The number of carbonyl (C=O) groups is 1. The molecule has 2 aromatic rings. The van der Waals surface area contributed by atoms with Crippen LogP contribution >= 0.6 is 0 Å².